The number of halogens is 5. The fraction of sp³-hybridized carbons (Fsp3) is 0.520. The molecule has 314 valence electrons. The molecule has 1 aliphatic heterocycles. The summed E-state index contributed by atoms with van der Waals surface area (Å²) in [5.74, 6) is 0.300. The van der Waals surface area contributed by atoms with Crippen molar-refractivity contribution in [3.8, 4) is 0 Å². The van der Waals surface area contributed by atoms with E-state index in [1.807, 2.05) is 13.0 Å². The van der Waals surface area contributed by atoms with Crippen LogP contribution in [0.1, 0.15) is 131 Å². The van der Waals surface area contributed by atoms with Crippen molar-refractivity contribution < 1.29 is 26.7 Å². The van der Waals surface area contributed by atoms with E-state index >= 15 is 0 Å². The molecule has 2 atom stereocenters. The van der Waals surface area contributed by atoms with Gasteiger partial charge < -0.3 is 4.74 Å². The predicted molar refractivity (Wildman–Crippen MR) is 230 cm³/mol. The van der Waals surface area contributed by atoms with Crippen LogP contribution < -0.4 is 0 Å². The average molecular weight is 785 g/mol. The van der Waals surface area contributed by atoms with E-state index in [0.717, 1.165) is 29.9 Å². The van der Waals surface area contributed by atoms with Gasteiger partial charge in [-0.2, -0.15) is 0 Å². The third kappa shape index (κ3) is 23.5. The van der Waals surface area contributed by atoms with Crippen molar-refractivity contribution in [1.29, 1.82) is 0 Å². The van der Waals surface area contributed by atoms with E-state index in [0.29, 0.717) is 28.4 Å². The summed E-state index contributed by atoms with van der Waals surface area (Å²) in [6.07, 6.45) is 10.3. The normalized spacial score (nSPS) is 18.1. The fourth-order valence-electron chi connectivity index (χ4n) is 5.29. The standard InChI is InChI=1S/2C8H8F2.C8H9F.C8H16.C8H10.C7H14O.C3H8/c1-5-3-7(9)6(2)8(10)4-5;1-5-3-4-6(2)8(10)7(5)9;1-6-3-4-7(2)8(9)5-6;2*1-7-3-5-8(2)6-4-7;1-6-3-4-7(2)8-5-6;1-3-2/h2*3-4H,1-2H3;3-5H,1-2H3;7-8H,3-6H2,1-2H3;3-6H,1-2H3;6-7H,3-5H2,1-2H3;3H2,1-2H3. The van der Waals surface area contributed by atoms with E-state index in [2.05, 4.69) is 79.7 Å². The maximum Gasteiger partial charge on any atom is 0.161 e. The molecule has 4 aromatic carbocycles. The average Bonchev–Trinajstić information content (AvgIpc) is 3.15. The Morgan fingerprint density at radius 2 is 0.786 bits per heavy atom. The quantitative estimate of drug-likeness (QED) is 0.161. The monoisotopic (exact) mass is 785 g/mol. The SMILES string of the molecule is CC1CCC(C)CC1.CC1CCC(C)OC1.CCC.Cc1cc(F)c(C)c(F)c1.Cc1ccc(C)c(F)c1.Cc1ccc(C)c(F)c1F.Cc1ccc(C)cc1. The first-order valence-corrected chi connectivity index (χ1v) is 20.4. The summed E-state index contributed by atoms with van der Waals surface area (Å²) in [6, 6.07) is 19.5. The smallest absolute Gasteiger partial charge is 0.161 e. The third-order valence-electron chi connectivity index (χ3n) is 9.48. The Hall–Kier alpha value is -3.51. The minimum Gasteiger partial charge on any atom is -0.378 e. The van der Waals surface area contributed by atoms with Gasteiger partial charge in [-0.25, -0.2) is 22.0 Å². The molecule has 0 spiro atoms. The minimum atomic E-state index is -0.736. The van der Waals surface area contributed by atoms with Crippen molar-refractivity contribution in [3.63, 3.8) is 0 Å². The Bertz CT molecular complexity index is 1520. The highest BCUT2D eigenvalue weighted by Crippen LogP contribution is 2.27. The lowest BCUT2D eigenvalue weighted by Gasteiger charge is -2.23. The molecule has 0 bridgehead atoms. The number of ether oxygens (including phenoxy) is 1. The van der Waals surface area contributed by atoms with E-state index < -0.39 is 23.3 Å². The number of hydrogen-bond acceptors (Lipinski definition) is 1. The highest BCUT2D eigenvalue weighted by molar-refractivity contribution is 5.25. The van der Waals surface area contributed by atoms with Crippen LogP contribution in [0.4, 0.5) is 22.0 Å². The van der Waals surface area contributed by atoms with Gasteiger partial charge in [-0.1, -0.05) is 126 Å². The van der Waals surface area contributed by atoms with Gasteiger partial charge in [-0.15, -0.1) is 0 Å². The molecule has 1 aliphatic carbocycles. The van der Waals surface area contributed by atoms with Crippen LogP contribution in [0.2, 0.25) is 0 Å². The second kappa shape index (κ2) is 28.8. The number of benzene rings is 4. The van der Waals surface area contributed by atoms with Crippen molar-refractivity contribution in [2.75, 3.05) is 6.61 Å². The van der Waals surface area contributed by atoms with Gasteiger partial charge in [0.05, 0.1) is 6.10 Å². The summed E-state index contributed by atoms with van der Waals surface area (Å²) < 4.78 is 68.4. The predicted octanol–water partition coefficient (Wildman–Crippen LogP) is 16.0. The molecular formula is C50H73F5O. The highest BCUT2D eigenvalue weighted by Gasteiger charge is 2.14. The first-order valence-electron chi connectivity index (χ1n) is 20.4. The lowest BCUT2D eigenvalue weighted by atomic mass is 9.84. The number of rotatable bonds is 0. The first-order chi connectivity index (χ1) is 26.2. The molecule has 0 aromatic heterocycles. The fourth-order valence-corrected chi connectivity index (χ4v) is 5.29. The topological polar surface area (TPSA) is 9.23 Å². The number of hydrogen-bond donors (Lipinski definition) is 0. The van der Waals surface area contributed by atoms with Crippen LogP contribution in [0.15, 0.2) is 66.7 Å². The van der Waals surface area contributed by atoms with Gasteiger partial charge in [0.2, 0.25) is 0 Å². The Balaban J connectivity index is 0.000000640. The van der Waals surface area contributed by atoms with Gasteiger partial charge >= 0.3 is 0 Å². The maximum absolute atomic E-state index is 12.6. The van der Waals surface area contributed by atoms with Crippen LogP contribution in [-0.2, 0) is 4.74 Å². The van der Waals surface area contributed by atoms with Crippen LogP contribution in [-0.4, -0.2) is 12.7 Å². The molecule has 1 nitrogen and oxygen atoms in total. The lowest BCUT2D eigenvalue weighted by molar-refractivity contribution is 0.000266. The summed E-state index contributed by atoms with van der Waals surface area (Å²) in [5.41, 5.74) is 5.74. The second-order valence-corrected chi connectivity index (χ2v) is 16.0. The van der Waals surface area contributed by atoms with E-state index in [1.54, 1.807) is 32.0 Å². The molecule has 1 heterocycles. The van der Waals surface area contributed by atoms with E-state index in [1.165, 1.54) is 95.0 Å². The van der Waals surface area contributed by atoms with Crippen molar-refractivity contribution in [2.45, 2.75) is 148 Å². The lowest BCUT2D eigenvalue weighted by Crippen LogP contribution is -2.21. The highest BCUT2D eigenvalue weighted by atomic mass is 19.2. The molecule has 0 amide bonds. The van der Waals surface area contributed by atoms with Crippen LogP contribution in [0, 0.1) is 102 Å². The number of aryl methyl sites for hydroxylation is 7. The van der Waals surface area contributed by atoms with Gasteiger partial charge in [-0.3, -0.25) is 0 Å². The summed E-state index contributed by atoms with van der Waals surface area (Å²) in [6.45, 7) is 28.3. The molecule has 0 N–H and O–H groups in total. The van der Waals surface area contributed by atoms with Gasteiger partial charge in [0.25, 0.3) is 0 Å². The van der Waals surface area contributed by atoms with Crippen LogP contribution in [0.3, 0.4) is 0 Å². The van der Waals surface area contributed by atoms with Crippen molar-refractivity contribution in [3.05, 3.63) is 140 Å². The van der Waals surface area contributed by atoms with Crippen molar-refractivity contribution >= 4 is 0 Å². The van der Waals surface area contributed by atoms with E-state index in [-0.39, 0.29) is 11.4 Å². The Kier molecular flexibility index (Phi) is 27.0. The van der Waals surface area contributed by atoms with Crippen LogP contribution in [0.25, 0.3) is 0 Å². The zero-order valence-corrected chi connectivity index (χ0v) is 37.1. The van der Waals surface area contributed by atoms with Crippen LogP contribution in [0.5, 0.6) is 0 Å². The molecule has 6 rings (SSSR count). The van der Waals surface area contributed by atoms with Crippen LogP contribution >= 0.6 is 0 Å². The molecule has 6 heteroatoms. The molecule has 4 aromatic rings. The summed E-state index contributed by atoms with van der Waals surface area (Å²) in [5, 5.41) is 0. The van der Waals surface area contributed by atoms with E-state index in [9.17, 15) is 22.0 Å². The Morgan fingerprint density at radius 1 is 0.446 bits per heavy atom. The van der Waals surface area contributed by atoms with Gasteiger partial charge in [-0.05, 0) is 139 Å². The van der Waals surface area contributed by atoms with Gasteiger partial charge in [0.1, 0.15) is 17.5 Å². The van der Waals surface area contributed by atoms with Gasteiger partial charge in [0, 0.05) is 12.2 Å². The molecule has 56 heavy (non-hydrogen) atoms. The molecule has 1 saturated heterocycles. The van der Waals surface area contributed by atoms with Gasteiger partial charge in [0.15, 0.2) is 11.6 Å². The first kappa shape index (κ1) is 52.5. The Labute approximate surface area is 338 Å². The maximum atomic E-state index is 12.6. The molecule has 2 unspecified atom stereocenters. The largest absolute Gasteiger partial charge is 0.378 e. The zero-order valence-electron chi connectivity index (χ0n) is 37.1. The van der Waals surface area contributed by atoms with Crippen molar-refractivity contribution in [2.24, 2.45) is 17.8 Å². The summed E-state index contributed by atoms with van der Waals surface area (Å²) in [7, 11) is 0. The zero-order chi connectivity index (χ0) is 43.0. The summed E-state index contributed by atoms with van der Waals surface area (Å²) >= 11 is 0. The summed E-state index contributed by atoms with van der Waals surface area (Å²) in [4.78, 5) is 0. The second-order valence-electron chi connectivity index (χ2n) is 16.0. The Morgan fingerprint density at radius 3 is 1.11 bits per heavy atom. The molecule has 1 saturated carbocycles. The minimum absolute atomic E-state index is 0.0885. The molecule has 0 radical (unpaired) electrons. The molecule has 2 aliphatic rings. The molecular weight excluding hydrogens is 712 g/mol. The van der Waals surface area contributed by atoms with E-state index in [4.69, 9.17) is 4.74 Å². The van der Waals surface area contributed by atoms with Crippen molar-refractivity contribution in [1.82, 2.24) is 0 Å². The molecule has 2 fully saturated rings. The third-order valence-corrected chi connectivity index (χ3v) is 9.48.